The molecule has 0 saturated heterocycles. The van der Waals surface area contributed by atoms with E-state index in [1.54, 1.807) is 6.07 Å². The summed E-state index contributed by atoms with van der Waals surface area (Å²) in [7, 11) is 0. The molecule has 5 heteroatoms. The summed E-state index contributed by atoms with van der Waals surface area (Å²) in [5.74, 6) is 1.73. The summed E-state index contributed by atoms with van der Waals surface area (Å²) < 4.78 is 5.93. The van der Waals surface area contributed by atoms with Gasteiger partial charge >= 0.3 is 0 Å². The quantitative estimate of drug-likeness (QED) is 0.448. The molecule has 0 saturated carbocycles. The maximum absolute atomic E-state index is 6.06. The van der Waals surface area contributed by atoms with E-state index < -0.39 is 0 Å². The number of furan rings is 1. The van der Waals surface area contributed by atoms with Crippen molar-refractivity contribution in [2.45, 2.75) is 13.0 Å². The van der Waals surface area contributed by atoms with E-state index in [1.807, 2.05) is 24.3 Å². The minimum Gasteiger partial charge on any atom is -0.455 e. The Bertz CT molecular complexity index is 1020. The summed E-state index contributed by atoms with van der Waals surface area (Å²) in [6.45, 7) is 1.80. The predicted octanol–water partition coefficient (Wildman–Crippen LogP) is 5.04. The summed E-state index contributed by atoms with van der Waals surface area (Å²) in [6, 6.07) is 17.8. The van der Waals surface area contributed by atoms with Crippen LogP contribution in [0.2, 0.25) is 10.0 Å². The molecule has 0 spiro atoms. The number of para-hydroxylation sites is 1. The Hall–Kier alpha value is -2.20. The van der Waals surface area contributed by atoms with Gasteiger partial charge < -0.3 is 14.7 Å². The minimum atomic E-state index is 0.607. The minimum absolute atomic E-state index is 0.607. The zero-order valence-corrected chi connectivity index (χ0v) is 15.6. The number of halogens is 2. The monoisotopic (exact) mass is 385 g/mol. The lowest BCUT2D eigenvalue weighted by molar-refractivity contribution is -0.671. The van der Waals surface area contributed by atoms with Crippen LogP contribution in [0.1, 0.15) is 11.3 Å². The number of benzene rings is 2. The van der Waals surface area contributed by atoms with Crippen molar-refractivity contribution in [3.05, 3.63) is 82.2 Å². The van der Waals surface area contributed by atoms with Crippen LogP contribution < -0.4 is 5.32 Å². The van der Waals surface area contributed by atoms with Crippen LogP contribution in [-0.2, 0) is 13.0 Å². The first-order valence-corrected chi connectivity index (χ1v) is 9.36. The van der Waals surface area contributed by atoms with E-state index in [0.29, 0.717) is 10.0 Å². The van der Waals surface area contributed by atoms with Crippen LogP contribution in [0.4, 0.5) is 0 Å². The molecule has 3 nitrogen and oxygen atoms in total. The van der Waals surface area contributed by atoms with Crippen LogP contribution in [0.25, 0.3) is 22.2 Å². The molecular weight excluding hydrogens is 367 g/mol. The van der Waals surface area contributed by atoms with Crippen LogP contribution >= 0.6 is 23.2 Å². The van der Waals surface area contributed by atoms with E-state index in [4.69, 9.17) is 27.6 Å². The summed E-state index contributed by atoms with van der Waals surface area (Å²) in [6.07, 6.45) is 3.12. The number of hydrogen-bond acceptors (Lipinski definition) is 1. The number of hydrogen-bond donors (Lipinski definition) is 2. The molecule has 0 aliphatic rings. The van der Waals surface area contributed by atoms with Gasteiger partial charge in [-0.3, -0.25) is 0 Å². The van der Waals surface area contributed by atoms with Gasteiger partial charge in [-0.25, -0.2) is 0 Å². The highest BCUT2D eigenvalue weighted by Crippen LogP contribution is 2.28. The van der Waals surface area contributed by atoms with Crippen molar-refractivity contribution in [2.24, 2.45) is 0 Å². The lowest BCUT2D eigenvalue weighted by Gasteiger charge is -2.01. The highest BCUT2D eigenvalue weighted by atomic mass is 35.5. The van der Waals surface area contributed by atoms with Gasteiger partial charge in [-0.1, -0.05) is 41.4 Å². The second-order valence-corrected chi connectivity index (χ2v) is 7.19. The van der Waals surface area contributed by atoms with E-state index in [9.17, 15) is 0 Å². The van der Waals surface area contributed by atoms with Crippen LogP contribution in [0.3, 0.4) is 0 Å². The molecule has 0 bridgehead atoms. The van der Waals surface area contributed by atoms with Crippen LogP contribution in [0.5, 0.6) is 0 Å². The summed E-state index contributed by atoms with van der Waals surface area (Å²) >= 11 is 12.1. The van der Waals surface area contributed by atoms with Crippen LogP contribution in [-0.4, -0.2) is 11.5 Å². The molecule has 0 aliphatic carbocycles. The Kier molecular flexibility index (Phi) is 5.02. The van der Waals surface area contributed by atoms with Crippen LogP contribution in [0.15, 0.2) is 65.2 Å². The SMILES string of the molecule is Clc1cc(Cl)cc(-c2ccc(C[NH2+]CCc3c[nH]c4ccccc34)o2)c1. The van der Waals surface area contributed by atoms with Gasteiger partial charge in [0.2, 0.25) is 0 Å². The maximum Gasteiger partial charge on any atom is 0.158 e. The number of nitrogens with one attached hydrogen (secondary N) is 1. The molecule has 0 fully saturated rings. The number of quaternary nitrogens is 1. The third kappa shape index (κ3) is 3.80. The van der Waals surface area contributed by atoms with Crippen molar-refractivity contribution in [3.63, 3.8) is 0 Å². The van der Waals surface area contributed by atoms with E-state index in [-0.39, 0.29) is 0 Å². The molecule has 2 aromatic carbocycles. The third-order valence-electron chi connectivity index (χ3n) is 4.45. The van der Waals surface area contributed by atoms with Crippen molar-refractivity contribution >= 4 is 34.1 Å². The largest absolute Gasteiger partial charge is 0.455 e. The average Bonchev–Trinajstić information content (AvgIpc) is 3.25. The zero-order chi connectivity index (χ0) is 17.9. The van der Waals surface area contributed by atoms with Crippen molar-refractivity contribution in [3.8, 4) is 11.3 Å². The number of nitrogens with two attached hydrogens (primary N) is 1. The van der Waals surface area contributed by atoms with Crippen molar-refractivity contribution in [1.82, 2.24) is 4.98 Å². The molecule has 0 atom stereocenters. The number of aromatic amines is 1. The fourth-order valence-corrected chi connectivity index (χ4v) is 3.71. The number of H-pyrrole nitrogens is 1. The molecule has 0 unspecified atom stereocenters. The molecule has 132 valence electrons. The molecule has 2 aromatic heterocycles. The molecular formula is C21H19Cl2N2O+. The molecule has 0 aliphatic heterocycles. The molecule has 4 aromatic rings. The third-order valence-corrected chi connectivity index (χ3v) is 4.88. The highest BCUT2D eigenvalue weighted by Gasteiger charge is 2.09. The molecule has 3 N–H and O–H groups in total. The molecule has 0 amide bonds. The van der Waals surface area contributed by atoms with Gasteiger partial charge in [-0.15, -0.1) is 0 Å². The Labute approximate surface area is 161 Å². The Morgan fingerprint density at radius 1 is 0.962 bits per heavy atom. The molecule has 26 heavy (non-hydrogen) atoms. The van der Waals surface area contributed by atoms with Gasteiger partial charge in [0.25, 0.3) is 0 Å². The normalized spacial score (nSPS) is 11.3. The molecule has 2 heterocycles. The number of fused-ring (bicyclic) bond motifs is 1. The van der Waals surface area contributed by atoms with Crippen LogP contribution in [0, 0.1) is 0 Å². The van der Waals surface area contributed by atoms with E-state index in [0.717, 1.165) is 36.6 Å². The van der Waals surface area contributed by atoms with Crippen molar-refractivity contribution < 1.29 is 9.73 Å². The number of rotatable bonds is 6. The van der Waals surface area contributed by atoms with Gasteiger partial charge in [0.15, 0.2) is 5.76 Å². The number of aromatic nitrogens is 1. The van der Waals surface area contributed by atoms with E-state index >= 15 is 0 Å². The first kappa shape index (κ1) is 17.2. The van der Waals surface area contributed by atoms with Gasteiger partial charge in [-0.05, 0) is 42.0 Å². The van der Waals surface area contributed by atoms with Gasteiger partial charge in [0.1, 0.15) is 12.3 Å². The second-order valence-electron chi connectivity index (χ2n) is 6.32. The standard InChI is InChI=1S/C21H18Cl2N2O/c22-16-9-15(10-17(23)11-16)21-6-5-18(26-21)13-24-8-7-14-12-25-20-4-2-1-3-19(14)20/h1-6,9-12,24-25H,7-8,13H2/p+1. The first-order valence-electron chi connectivity index (χ1n) is 8.61. The summed E-state index contributed by atoms with van der Waals surface area (Å²) in [5, 5.41) is 4.78. The Morgan fingerprint density at radius 2 is 1.77 bits per heavy atom. The molecule has 0 radical (unpaired) electrons. The summed E-state index contributed by atoms with van der Waals surface area (Å²) in [4.78, 5) is 3.32. The maximum atomic E-state index is 6.06. The second kappa shape index (κ2) is 7.58. The highest BCUT2D eigenvalue weighted by molar-refractivity contribution is 6.35. The van der Waals surface area contributed by atoms with Gasteiger partial charge in [0, 0.05) is 39.1 Å². The smallest absolute Gasteiger partial charge is 0.158 e. The summed E-state index contributed by atoms with van der Waals surface area (Å²) in [5.41, 5.74) is 3.44. The fraction of sp³-hybridized carbons (Fsp3) is 0.143. The fourth-order valence-electron chi connectivity index (χ4n) is 3.18. The average molecular weight is 386 g/mol. The molecule has 4 rings (SSSR count). The zero-order valence-electron chi connectivity index (χ0n) is 14.1. The first-order chi connectivity index (χ1) is 12.7. The van der Waals surface area contributed by atoms with Crippen molar-refractivity contribution in [1.29, 1.82) is 0 Å². The van der Waals surface area contributed by atoms with E-state index in [1.165, 1.54) is 16.5 Å². The van der Waals surface area contributed by atoms with E-state index in [2.05, 4.69) is 40.8 Å². The lowest BCUT2D eigenvalue weighted by Crippen LogP contribution is -2.83. The Balaban J connectivity index is 1.35. The Morgan fingerprint density at radius 3 is 2.62 bits per heavy atom. The lowest BCUT2D eigenvalue weighted by atomic mass is 10.1. The van der Waals surface area contributed by atoms with Gasteiger partial charge in [0.05, 0.1) is 6.54 Å². The van der Waals surface area contributed by atoms with Gasteiger partial charge in [-0.2, -0.15) is 0 Å². The topological polar surface area (TPSA) is 45.5 Å². The predicted molar refractivity (Wildman–Crippen MR) is 107 cm³/mol. The van der Waals surface area contributed by atoms with Crippen molar-refractivity contribution in [2.75, 3.05) is 6.54 Å².